The van der Waals surface area contributed by atoms with E-state index in [-0.39, 0.29) is 0 Å². The monoisotopic (exact) mass is 213 g/mol. The molecule has 0 bridgehead atoms. The van der Waals surface area contributed by atoms with Crippen molar-refractivity contribution in [3.8, 4) is 0 Å². The van der Waals surface area contributed by atoms with E-state index < -0.39 is 8.32 Å². The molecule has 0 aromatic carbocycles. The van der Waals surface area contributed by atoms with Gasteiger partial charge in [-0.05, 0) is 31.5 Å². The SMILES string of the molecule is CC1=NCCC1O[Si](C)(C)C(C)(C)C. The first-order chi connectivity index (χ1) is 6.24. The van der Waals surface area contributed by atoms with Crippen molar-refractivity contribution in [2.24, 2.45) is 4.99 Å². The van der Waals surface area contributed by atoms with Crippen LogP contribution < -0.4 is 0 Å². The van der Waals surface area contributed by atoms with Gasteiger partial charge >= 0.3 is 0 Å². The molecule has 0 amide bonds. The Morgan fingerprint density at radius 1 is 1.36 bits per heavy atom. The third-order valence-electron chi connectivity index (χ3n) is 3.46. The third kappa shape index (κ3) is 2.45. The molecular formula is C11H23NOSi. The fraction of sp³-hybridized carbons (Fsp3) is 0.909. The molecule has 82 valence electrons. The molecule has 0 saturated heterocycles. The summed E-state index contributed by atoms with van der Waals surface area (Å²) >= 11 is 0. The molecule has 0 fully saturated rings. The minimum atomic E-state index is -1.59. The van der Waals surface area contributed by atoms with Gasteiger partial charge < -0.3 is 4.43 Å². The predicted octanol–water partition coefficient (Wildman–Crippen LogP) is 3.24. The molecule has 1 atom stereocenters. The van der Waals surface area contributed by atoms with Crippen LogP contribution in [0.5, 0.6) is 0 Å². The van der Waals surface area contributed by atoms with Crippen LogP contribution in [0.3, 0.4) is 0 Å². The van der Waals surface area contributed by atoms with Crippen molar-refractivity contribution in [1.29, 1.82) is 0 Å². The maximum atomic E-state index is 6.28. The molecule has 0 aromatic rings. The zero-order chi connectivity index (χ0) is 11.0. The van der Waals surface area contributed by atoms with E-state index >= 15 is 0 Å². The van der Waals surface area contributed by atoms with Crippen LogP contribution in [0.4, 0.5) is 0 Å². The summed E-state index contributed by atoms with van der Waals surface area (Å²) in [5, 5.41) is 0.301. The Labute approximate surface area is 88.9 Å². The zero-order valence-corrected chi connectivity index (χ0v) is 11.3. The van der Waals surface area contributed by atoms with Crippen LogP contribution in [-0.4, -0.2) is 26.7 Å². The number of nitrogens with zero attached hydrogens (tertiary/aromatic N) is 1. The molecule has 0 N–H and O–H groups in total. The Balaban J connectivity index is 2.64. The van der Waals surface area contributed by atoms with Gasteiger partial charge in [-0.1, -0.05) is 20.8 Å². The molecular weight excluding hydrogens is 190 g/mol. The minimum Gasteiger partial charge on any atom is -0.409 e. The molecule has 0 radical (unpaired) electrons. The average Bonchev–Trinajstić information content (AvgIpc) is 2.33. The van der Waals surface area contributed by atoms with E-state index in [1.165, 1.54) is 5.71 Å². The Hall–Kier alpha value is -0.153. The molecule has 1 aliphatic heterocycles. The molecule has 14 heavy (non-hydrogen) atoms. The summed E-state index contributed by atoms with van der Waals surface area (Å²) in [4.78, 5) is 4.40. The summed E-state index contributed by atoms with van der Waals surface area (Å²) in [6.45, 7) is 14.5. The van der Waals surface area contributed by atoms with E-state index in [0.717, 1.165) is 13.0 Å². The van der Waals surface area contributed by atoms with Crippen LogP contribution in [0.2, 0.25) is 18.1 Å². The van der Waals surface area contributed by atoms with Crippen molar-refractivity contribution in [2.75, 3.05) is 6.54 Å². The van der Waals surface area contributed by atoms with Gasteiger partial charge in [0.2, 0.25) is 0 Å². The lowest BCUT2D eigenvalue weighted by atomic mass is 10.2. The standard InChI is InChI=1S/C11H23NOSi/c1-9-10(7-8-12-9)13-14(5,6)11(2,3)4/h10H,7-8H2,1-6H3. The number of rotatable bonds is 2. The second-order valence-corrected chi connectivity index (χ2v) is 10.4. The van der Waals surface area contributed by atoms with E-state index in [2.05, 4.69) is 45.8 Å². The number of aliphatic imine (C=N–C) groups is 1. The highest BCUT2D eigenvalue weighted by molar-refractivity contribution is 6.74. The van der Waals surface area contributed by atoms with E-state index in [4.69, 9.17) is 4.43 Å². The molecule has 0 saturated carbocycles. The highest BCUT2D eigenvalue weighted by atomic mass is 28.4. The molecule has 0 aromatic heterocycles. The van der Waals surface area contributed by atoms with Crippen LogP contribution in [0.1, 0.15) is 34.1 Å². The lowest BCUT2D eigenvalue weighted by molar-refractivity contribution is 0.242. The zero-order valence-electron chi connectivity index (χ0n) is 10.3. The van der Waals surface area contributed by atoms with Gasteiger partial charge in [0.15, 0.2) is 8.32 Å². The first-order valence-electron chi connectivity index (χ1n) is 5.43. The molecule has 1 heterocycles. The van der Waals surface area contributed by atoms with Crippen molar-refractivity contribution in [3.05, 3.63) is 0 Å². The lowest BCUT2D eigenvalue weighted by Crippen LogP contribution is -2.45. The lowest BCUT2D eigenvalue weighted by Gasteiger charge is -2.38. The Kier molecular flexibility index (Phi) is 3.22. The van der Waals surface area contributed by atoms with Crippen molar-refractivity contribution < 1.29 is 4.43 Å². The maximum absolute atomic E-state index is 6.28. The molecule has 1 aliphatic rings. The van der Waals surface area contributed by atoms with Crippen molar-refractivity contribution >= 4 is 14.0 Å². The van der Waals surface area contributed by atoms with Crippen molar-refractivity contribution in [2.45, 2.75) is 58.4 Å². The van der Waals surface area contributed by atoms with Gasteiger partial charge in [0.05, 0.1) is 6.10 Å². The Morgan fingerprint density at radius 2 is 1.93 bits per heavy atom. The molecule has 1 unspecified atom stereocenters. The van der Waals surface area contributed by atoms with E-state index in [9.17, 15) is 0 Å². The van der Waals surface area contributed by atoms with Crippen molar-refractivity contribution in [1.82, 2.24) is 0 Å². The highest BCUT2D eigenvalue weighted by Crippen LogP contribution is 2.38. The van der Waals surface area contributed by atoms with Gasteiger partial charge in [0, 0.05) is 12.3 Å². The quantitative estimate of drug-likeness (QED) is 0.645. The number of hydrogen-bond acceptors (Lipinski definition) is 2. The van der Waals surface area contributed by atoms with Crippen LogP contribution in [0.15, 0.2) is 4.99 Å². The van der Waals surface area contributed by atoms with Gasteiger partial charge in [0.1, 0.15) is 0 Å². The molecule has 3 heteroatoms. The van der Waals surface area contributed by atoms with Gasteiger partial charge in [-0.3, -0.25) is 4.99 Å². The second kappa shape index (κ2) is 3.78. The Bertz CT molecular complexity index is 240. The van der Waals surface area contributed by atoms with Crippen LogP contribution in [0.25, 0.3) is 0 Å². The van der Waals surface area contributed by atoms with Crippen LogP contribution in [0, 0.1) is 0 Å². The van der Waals surface area contributed by atoms with Crippen LogP contribution >= 0.6 is 0 Å². The van der Waals surface area contributed by atoms with Gasteiger partial charge in [0.25, 0.3) is 0 Å². The first kappa shape index (κ1) is 11.9. The fourth-order valence-electron chi connectivity index (χ4n) is 1.35. The van der Waals surface area contributed by atoms with Gasteiger partial charge in [-0.25, -0.2) is 0 Å². The molecule has 2 nitrogen and oxygen atoms in total. The summed E-state index contributed by atoms with van der Waals surface area (Å²) in [5.74, 6) is 0. The summed E-state index contributed by atoms with van der Waals surface area (Å²) in [7, 11) is -1.59. The van der Waals surface area contributed by atoms with Crippen molar-refractivity contribution in [3.63, 3.8) is 0 Å². The first-order valence-corrected chi connectivity index (χ1v) is 8.33. The minimum absolute atomic E-state index is 0.301. The number of hydrogen-bond donors (Lipinski definition) is 0. The predicted molar refractivity (Wildman–Crippen MR) is 64.7 cm³/mol. The summed E-state index contributed by atoms with van der Waals surface area (Å²) in [6.07, 6.45) is 1.38. The second-order valence-electron chi connectivity index (χ2n) is 5.68. The summed E-state index contributed by atoms with van der Waals surface area (Å²) in [5.41, 5.74) is 1.19. The molecule has 1 rings (SSSR count). The fourth-order valence-corrected chi connectivity index (χ4v) is 2.70. The molecule has 0 aliphatic carbocycles. The van der Waals surface area contributed by atoms with Gasteiger partial charge in [-0.15, -0.1) is 0 Å². The summed E-state index contributed by atoms with van der Waals surface area (Å²) < 4.78 is 6.28. The van der Waals surface area contributed by atoms with Gasteiger partial charge in [-0.2, -0.15) is 0 Å². The average molecular weight is 213 g/mol. The van der Waals surface area contributed by atoms with E-state index in [0.29, 0.717) is 11.1 Å². The highest BCUT2D eigenvalue weighted by Gasteiger charge is 2.40. The maximum Gasteiger partial charge on any atom is 0.192 e. The van der Waals surface area contributed by atoms with E-state index in [1.54, 1.807) is 0 Å². The topological polar surface area (TPSA) is 21.6 Å². The molecule has 0 spiro atoms. The Morgan fingerprint density at radius 3 is 2.29 bits per heavy atom. The normalized spacial score (nSPS) is 23.9. The smallest absolute Gasteiger partial charge is 0.192 e. The summed E-state index contributed by atoms with van der Waals surface area (Å²) in [6, 6.07) is 0. The van der Waals surface area contributed by atoms with Crippen LogP contribution in [-0.2, 0) is 4.43 Å². The van der Waals surface area contributed by atoms with E-state index in [1.807, 2.05) is 0 Å². The third-order valence-corrected chi connectivity index (χ3v) is 7.95. The largest absolute Gasteiger partial charge is 0.409 e.